The van der Waals surface area contributed by atoms with Crippen LogP contribution in [0.2, 0.25) is 5.02 Å². The lowest BCUT2D eigenvalue weighted by Crippen LogP contribution is -2.18. The number of halogens is 1. The first-order chi connectivity index (χ1) is 8.11. The molecule has 0 saturated heterocycles. The van der Waals surface area contributed by atoms with Crippen molar-refractivity contribution < 1.29 is 0 Å². The van der Waals surface area contributed by atoms with Crippen molar-refractivity contribution in [1.29, 1.82) is 5.41 Å². The topological polar surface area (TPSA) is 49.9 Å². The Labute approximate surface area is 111 Å². The lowest BCUT2D eigenvalue weighted by molar-refractivity contribution is 0.612. The molecule has 3 N–H and O–H groups in total. The number of thioether (sulfide) groups is 1. The highest BCUT2D eigenvalue weighted by Gasteiger charge is 2.42. The Hall–Kier alpha value is -0.670. The Morgan fingerprint density at radius 1 is 1.41 bits per heavy atom. The van der Waals surface area contributed by atoms with E-state index in [-0.39, 0.29) is 0 Å². The monoisotopic (exact) mass is 268 g/mol. The molecule has 0 aromatic heterocycles. The average Bonchev–Trinajstić information content (AvgIpc) is 3.00. The van der Waals surface area contributed by atoms with E-state index in [0.717, 1.165) is 22.9 Å². The quantitative estimate of drug-likeness (QED) is 0.611. The van der Waals surface area contributed by atoms with Gasteiger partial charge in [-0.05, 0) is 35.6 Å². The zero-order valence-electron chi connectivity index (χ0n) is 9.71. The summed E-state index contributed by atoms with van der Waals surface area (Å²) in [4.78, 5) is 0. The molecule has 2 nitrogen and oxygen atoms in total. The molecule has 0 heterocycles. The van der Waals surface area contributed by atoms with Crippen molar-refractivity contribution in [3.05, 3.63) is 34.9 Å². The molecule has 0 bridgehead atoms. The van der Waals surface area contributed by atoms with E-state index in [1.807, 2.05) is 30.0 Å². The molecule has 1 aliphatic carbocycles. The average molecular weight is 269 g/mol. The van der Waals surface area contributed by atoms with Gasteiger partial charge in [-0.3, -0.25) is 5.41 Å². The zero-order valence-corrected chi connectivity index (χ0v) is 11.3. The number of benzene rings is 1. The lowest BCUT2D eigenvalue weighted by atomic mass is 10.1. The van der Waals surface area contributed by atoms with Gasteiger partial charge in [0.25, 0.3) is 0 Å². The standard InChI is InChI=1S/C13H17ClN2S/c14-11-4-2-1-3-10(11)8-17-9-13(5-6-13)7-12(15)16/h1-4H,5-9H2,(H3,15,16). The van der Waals surface area contributed by atoms with Crippen molar-refractivity contribution in [1.82, 2.24) is 0 Å². The Balaban J connectivity index is 1.80. The summed E-state index contributed by atoms with van der Waals surface area (Å²) < 4.78 is 0. The fraction of sp³-hybridized carbons (Fsp3) is 0.462. The van der Waals surface area contributed by atoms with Crippen molar-refractivity contribution in [2.24, 2.45) is 11.1 Å². The molecule has 0 amide bonds. The highest BCUT2D eigenvalue weighted by Crippen LogP contribution is 2.51. The van der Waals surface area contributed by atoms with E-state index in [0.29, 0.717) is 11.3 Å². The molecule has 1 aliphatic rings. The van der Waals surface area contributed by atoms with Crippen LogP contribution in [-0.4, -0.2) is 11.6 Å². The second kappa shape index (κ2) is 5.32. The molecule has 0 aliphatic heterocycles. The Kier molecular flexibility index (Phi) is 4.00. The van der Waals surface area contributed by atoms with Crippen LogP contribution < -0.4 is 5.73 Å². The number of rotatable bonds is 6. The molecule has 2 rings (SSSR count). The molecule has 0 spiro atoms. The van der Waals surface area contributed by atoms with Gasteiger partial charge in [-0.2, -0.15) is 11.8 Å². The van der Waals surface area contributed by atoms with E-state index in [4.69, 9.17) is 22.7 Å². The Morgan fingerprint density at radius 3 is 2.71 bits per heavy atom. The zero-order chi connectivity index (χ0) is 12.3. The molecule has 0 radical (unpaired) electrons. The minimum Gasteiger partial charge on any atom is -0.388 e. The molecule has 0 unspecified atom stereocenters. The van der Waals surface area contributed by atoms with Crippen LogP contribution in [0, 0.1) is 10.8 Å². The number of nitrogens with two attached hydrogens (primary N) is 1. The van der Waals surface area contributed by atoms with Crippen molar-refractivity contribution in [2.75, 3.05) is 5.75 Å². The van der Waals surface area contributed by atoms with Crippen LogP contribution in [0.25, 0.3) is 0 Å². The van der Waals surface area contributed by atoms with Gasteiger partial charge in [-0.15, -0.1) is 0 Å². The van der Waals surface area contributed by atoms with Gasteiger partial charge in [-0.1, -0.05) is 29.8 Å². The van der Waals surface area contributed by atoms with Crippen LogP contribution in [0.4, 0.5) is 0 Å². The van der Waals surface area contributed by atoms with Gasteiger partial charge in [0.15, 0.2) is 0 Å². The fourth-order valence-corrected chi connectivity index (χ4v) is 3.63. The molecule has 92 valence electrons. The molecule has 1 aromatic carbocycles. The third-order valence-corrected chi connectivity index (χ3v) is 4.85. The van der Waals surface area contributed by atoms with Gasteiger partial charge in [0.2, 0.25) is 0 Å². The number of nitrogens with one attached hydrogen (secondary N) is 1. The van der Waals surface area contributed by atoms with E-state index < -0.39 is 0 Å². The minimum absolute atomic E-state index is 0.317. The van der Waals surface area contributed by atoms with Crippen LogP contribution in [0.15, 0.2) is 24.3 Å². The molecular formula is C13H17ClN2S. The normalized spacial score (nSPS) is 16.8. The van der Waals surface area contributed by atoms with Crippen molar-refractivity contribution in [2.45, 2.75) is 25.0 Å². The molecular weight excluding hydrogens is 252 g/mol. The predicted octanol–water partition coefficient (Wildman–Crippen LogP) is 3.68. The molecule has 17 heavy (non-hydrogen) atoms. The van der Waals surface area contributed by atoms with E-state index in [1.54, 1.807) is 0 Å². The van der Waals surface area contributed by atoms with Gasteiger partial charge < -0.3 is 5.73 Å². The third kappa shape index (κ3) is 3.65. The second-order valence-electron chi connectivity index (χ2n) is 4.79. The maximum atomic E-state index is 7.37. The first-order valence-electron chi connectivity index (χ1n) is 5.75. The number of hydrogen-bond donors (Lipinski definition) is 2. The van der Waals surface area contributed by atoms with Gasteiger partial charge in [0.1, 0.15) is 0 Å². The maximum Gasteiger partial charge on any atom is 0.0911 e. The molecule has 1 aromatic rings. The van der Waals surface area contributed by atoms with E-state index in [2.05, 4.69) is 6.07 Å². The van der Waals surface area contributed by atoms with Crippen LogP contribution in [0.1, 0.15) is 24.8 Å². The summed E-state index contributed by atoms with van der Waals surface area (Å²) in [6, 6.07) is 7.97. The molecule has 4 heteroatoms. The van der Waals surface area contributed by atoms with E-state index >= 15 is 0 Å². The Morgan fingerprint density at radius 2 is 2.12 bits per heavy atom. The molecule has 0 atom stereocenters. The van der Waals surface area contributed by atoms with Crippen molar-refractivity contribution in [3.8, 4) is 0 Å². The smallest absolute Gasteiger partial charge is 0.0911 e. The van der Waals surface area contributed by atoms with Crippen LogP contribution in [0.5, 0.6) is 0 Å². The summed E-state index contributed by atoms with van der Waals surface area (Å²) in [7, 11) is 0. The Bertz CT molecular complexity index is 416. The first kappa shape index (κ1) is 12.8. The summed E-state index contributed by atoms with van der Waals surface area (Å²) in [6.45, 7) is 0. The molecule has 1 fully saturated rings. The van der Waals surface area contributed by atoms with E-state index in [1.165, 1.54) is 18.4 Å². The summed E-state index contributed by atoms with van der Waals surface area (Å²) in [5, 5.41) is 8.21. The van der Waals surface area contributed by atoms with Gasteiger partial charge in [0.05, 0.1) is 5.84 Å². The van der Waals surface area contributed by atoms with Crippen LogP contribution in [-0.2, 0) is 5.75 Å². The maximum absolute atomic E-state index is 7.37. The van der Waals surface area contributed by atoms with Crippen molar-refractivity contribution in [3.63, 3.8) is 0 Å². The number of hydrogen-bond acceptors (Lipinski definition) is 2. The van der Waals surface area contributed by atoms with Crippen molar-refractivity contribution >= 4 is 29.2 Å². The highest BCUT2D eigenvalue weighted by atomic mass is 35.5. The highest BCUT2D eigenvalue weighted by molar-refractivity contribution is 7.98. The largest absolute Gasteiger partial charge is 0.388 e. The number of amidine groups is 1. The van der Waals surface area contributed by atoms with Crippen LogP contribution >= 0.6 is 23.4 Å². The minimum atomic E-state index is 0.317. The van der Waals surface area contributed by atoms with Gasteiger partial charge in [-0.25, -0.2) is 0 Å². The van der Waals surface area contributed by atoms with Crippen LogP contribution in [0.3, 0.4) is 0 Å². The fourth-order valence-electron chi connectivity index (χ4n) is 1.95. The predicted molar refractivity (Wildman–Crippen MR) is 75.8 cm³/mol. The SMILES string of the molecule is N=C(N)CC1(CSCc2ccccc2Cl)CC1. The summed E-state index contributed by atoms with van der Waals surface area (Å²) in [6.07, 6.45) is 3.17. The van der Waals surface area contributed by atoms with Gasteiger partial charge in [0, 0.05) is 17.2 Å². The third-order valence-electron chi connectivity index (χ3n) is 3.15. The first-order valence-corrected chi connectivity index (χ1v) is 7.29. The summed E-state index contributed by atoms with van der Waals surface area (Å²) in [5.74, 6) is 2.35. The van der Waals surface area contributed by atoms with Gasteiger partial charge >= 0.3 is 0 Å². The van der Waals surface area contributed by atoms with E-state index in [9.17, 15) is 0 Å². The summed E-state index contributed by atoms with van der Waals surface area (Å²) >= 11 is 8.00. The lowest BCUT2D eigenvalue weighted by Gasteiger charge is -2.13. The molecule has 1 saturated carbocycles. The second-order valence-corrected chi connectivity index (χ2v) is 6.18. The summed E-state index contributed by atoms with van der Waals surface area (Å²) in [5.41, 5.74) is 6.99.